The fourth-order valence-corrected chi connectivity index (χ4v) is 2.98. The molecule has 0 saturated heterocycles. The number of esters is 1. The number of aryl methyl sites for hydroxylation is 1. The number of nitrogens with one attached hydrogen (secondary N) is 1. The molecule has 5 nitrogen and oxygen atoms in total. The summed E-state index contributed by atoms with van der Waals surface area (Å²) in [6, 6.07) is 7.92. The van der Waals surface area contributed by atoms with Gasteiger partial charge in [0.15, 0.2) is 0 Å². The lowest BCUT2D eigenvalue weighted by Gasteiger charge is -2.17. The van der Waals surface area contributed by atoms with Crippen LogP contribution in [0, 0.1) is 0 Å². The zero-order valence-electron chi connectivity index (χ0n) is 12.8. The third kappa shape index (κ3) is 3.44. The standard InChI is InChI=1S/C18H19NO4/c20-17(23-16-8-4-2-6-14(16)18(21)22)10-9-12-11-19-15-7-3-1-5-13(12)15/h1,3,5,7,11,19H,2,4,6,8-10H2,(H,21,22). The molecule has 0 unspecified atom stereocenters. The van der Waals surface area contributed by atoms with E-state index in [0.29, 0.717) is 25.0 Å². The summed E-state index contributed by atoms with van der Waals surface area (Å²) in [5.74, 6) is -1.01. The van der Waals surface area contributed by atoms with Crippen molar-refractivity contribution < 1.29 is 19.4 Å². The number of carboxylic acid groups (broad SMARTS) is 1. The molecule has 1 heterocycles. The lowest BCUT2D eigenvalue weighted by Crippen LogP contribution is -2.14. The third-order valence-corrected chi connectivity index (χ3v) is 4.19. The number of aromatic amines is 1. The number of H-pyrrole nitrogens is 1. The number of aliphatic carboxylic acids is 1. The van der Waals surface area contributed by atoms with Crippen molar-refractivity contribution in [3.05, 3.63) is 47.4 Å². The molecule has 5 heteroatoms. The zero-order chi connectivity index (χ0) is 16.2. The van der Waals surface area contributed by atoms with E-state index in [-0.39, 0.29) is 18.0 Å². The molecule has 0 bridgehead atoms. The minimum Gasteiger partial charge on any atom is -0.478 e. The minimum atomic E-state index is -0.982. The Balaban J connectivity index is 1.64. The number of hydrogen-bond acceptors (Lipinski definition) is 3. The second-order valence-electron chi connectivity index (χ2n) is 5.75. The van der Waals surface area contributed by atoms with Crippen LogP contribution < -0.4 is 0 Å². The zero-order valence-corrected chi connectivity index (χ0v) is 12.8. The molecular formula is C18H19NO4. The van der Waals surface area contributed by atoms with Crippen LogP contribution in [-0.4, -0.2) is 22.0 Å². The maximum Gasteiger partial charge on any atom is 0.334 e. The molecule has 3 rings (SSSR count). The summed E-state index contributed by atoms with van der Waals surface area (Å²) in [6.45, 7) is 0. The Hall–Kier alpha value is -2.56. The predicted octanol–water partition coefficient (Wildman–Crippen LogP) is 3.56. The SMILES string of the molecule is O=C(CCc1c[nH]c2ccccc12)OC1=C(C(=O)O)CCCC1. The van der Waals surface area contributed by atoms with Crippen LogP contribution >= 0.6 is 0 Å². The number of carbonyl (C=O) groups excluding carboxylic acids is 1. The first kappa shape index (κ1) is 15.3. The van der Waals surface area contributed by atoms with E-state index in [4.69, 9.17) is 9.84 Å². The van der Waals surface area contributed by atoms with E-state index in [1.807, 2.05) is 30.5 Å². The molecule has 1 aromatic carbocycles. The van der Waals surface area contributed by atoms with Gasteiger partial charge in [0.2, 0.25) is 0 Å². The highest BCUT2D eigenvalue weighted by atomic mass is 16.5. The second kappa shape index (κ2) is 6.69. The first-order chi connectivity index (χ1) is 11.1. The number of carboxylic acids is 1. The molecule has 1 aromatic heterocycles. The number of benzene rings is 1. The summed E-state index contributed by atoms with van der Waals surface area (Å²) < 4.78 is 5.33. The van der Waals surface area contributed by atoms with Gasteiger partial charge in [0.1, 0.15) is 5.76 Å². The summed E-state index contributed by atoms with van der Waals surface area (Å²) >= 11 is 0. The fraction of sp³-hybridized carbons (Fsp3) is 0.333. The van der Waals surface area contributed by atoms with E-state index in [1.54, 1.807) is 0 Å². The van der Waals surface area contributed by atoms with Gasteiger partial charge in [-0.25, -0.2) is 4.79 Å². The Morgan fingerprint density at radius 2 is 1.96 bits per heavy atom. The molecule has 0 aliphatic heterocycles. The van der Waals surface area contributed by atoms with Crippen molar-refractivity contribution in [1.82, 2.24) is 4.98 Å². The Morgan fingerprint density at radius 3 is 2.78 bits per heavy atom. The Bertz CT molecular complexity index is 772. The van der Waals surface area contributed by atoms with Gasteiger partial charge in [-0.15, -0.1) is 0 Å². The topological polar surface area (TPSA) is 79.4 Å². The monoisotopic (exact) mass is 313 g/mol. The van der Waals surface area contributed by atoms with Crippen molar-refractivity contribution in [3.63, 3.8) is 0 Å². The van der Waals surface area contributed by atoms with E-state index < -0.39 is 5.97 Å². The highest BCUT2D eigenvalue weighted by Gasteiger charge is 2.22. The van der Waals surface area contributed by atoms with Gasteiger partial charge in [-0.1, -0.05) is 18.2 Å². The van der Waals surface area contributed by atoms with Crippen LogP contribution in [0.4, 0.5) is 0 Å². The molecule has 0 radical (unpaired) electrons. The third-order valence-electron chi connectivity index (χ3n) is 4.19. The summed E-state index contributed by atoms with van der Waals surface area (Å²) in [6.07, 6.45) is 5.40. The van der Waals surface area contributed by atoms with Crippen molar-refractivity contribution in [2.45, 2.75) is 38.5 Å². The smallest absolute Gasteiger partial charge is 0.334 e. The average Bonchev–Trinajstić information content (AvgIpc) is 2.96. The number of carbonyl (C=O) groups is 2. The molecular weight excluding hydrogens is 294 g/mol. The number of aromatic nitrogens is 1. The van der Waals surface area contributed by atoms with E-state index in [1.165, 1.54) is 0 Å². The molecule has 1 aliphatic carbocycles. The van der Waals surface area contributed by atoms with Gasteiger partial charge >= 0.3 is 11.9 Å². The van der Waals surface area contributed by atoms with Gasteiger partial charge in [0.25, 0.3) is 0 Å². The Morgan fingerprint density at radius 1 is 1.17 bits per heavy atom. The van der Waals surface area contributed by atoms with Crippen LogP contribution in [0.15, 0.2) is 41.8 Å². The maximum atomic E-state index is 12.1. The molecule has 0 saturated carbocycles. The van der Waals surface area contributed by atoms with Crippen molar-refractivity contribution in [1.29, 1.82) is 0 Å². The summed E-state index contributed by atoms with van der Waals surface area (Å²) in [4.78, 5) is 26.4. The van der Waals surface area contributed by atoms with Gasteiger partial charge in [-0.2, -0.15) is 0 Å². The molecule has 0 atom stereocenters. The number of ether oxygens (including phenoxy) is 1. The Kier molecular flexibility index (Phi) is 4.46. The van der Waals surface area contributed by atoms with E-state index in [2.05, 4.69) is 4.98 Å². The van der Waals surface area contributed by atoms with E-state index in [0.717, 1.165) is 29.3 Å². The van der Waals surface area contributed by atoms with Crippen LogP contribution in [0.5, 0.6) is 0 Å². The molecule has 0 amide bonds. The number of para-hydroxylation sites is 1. The largest absolute Gasteiger partial charge is 0.478 e. The first-order valence-electron chi connectivity index (χ1n) is 7.86. The summed E-state index contributed by atoms with van der Waals surface area (Å²) in [5.41, 5.74) is 2.35. The van der Waals surface area contributed by atoms with Gasteiger partial charge in [0, 0.05) is 23.5 Å². The van der Waals surface area contributed by atoms with Gasteiger partial charge in [-0.05, 0) is 37.3 Å². The second-order valence-corrected chi connectivity index (χ2v) is 5.75. The van der Waals surface area contributed by atoms with Crippen LogP contribution in [0.2, 0.25) is 0 Å². The highest BCUT2D eigenvalue weighted by molar-refractivity contribution is 5.88. The predicted molar refractivity (Wildman–Crippen MR) is 85.8 cm³/mol. The van der Waals surface area contributed by atoms with Crippen LogP contribution in [-0.2, 0) is 20.7 Å². The Labute approximate surface area is 134 Å². The minimum absolute atomic E-state index is 0.234. The average molecular weight is 313 g/mol. The van der Waals surface area contributed by atoms with E-state index in [9.17, 15) is 9.59 Å². The van der Waals surface area contributed by atoms with Crippen LogP contribution in [0.3, 0.4) is 0 Å². The molecule has 120 valence electrons. The normalized spacial score (nSPS) is 15.0. The van der Waals surface area contributed by atoms with Crippen molar-refractivity contribution in [2.24, 2.45) is 0 Å². The van der Waals surface area contributed by atoms with Gasteiger partial charge in [0.05, 0.1) is 12.0 Å². The molecule has 0 fully saturated rings. The van der Waals surface area contributed by atoms with Crippen molar-refractivity contribution in [3.8, 4) is 0 Å². The van der Waals surface area contributed by atoms with Crippen LogP contribution in [0.1, 0.15) is 37.7 Å². The lowest BCUT2D eigenvalue weighted by atomic mass is 9.98. The number of allylic oxidation sites excluding steroid dienone is 1. The molecule has 2 N–H and O–H groups in total. The van der Waals surface area contributed by atoms with E-state index >= 15 is 0 Å². The molecule has 2 aromatic rings. The van der Waals surface area contributed by atoms with Gasteiger partial charge in [-0.3, -0.25) is 4.79 Å². The molecule has 0 spiro atoms. The quantitative estimate of drug-likeness (QED) is 0.827. The maximum absolute atomic E-state index is 12.1. The highest BCUT2D eigenvalue weighted by Crippen LogP contribution is 2.26. The number of fused-ring (bicyclic) bond motifs is 1. The van der Waals surface area contributed by atoms with Crippen molar-refractivity contribution in [2.75, 3.05) is 0 Å². The van der Waals surface area contributed by atoms with Crippen molar-refractivity contribution >= 4 is 22.8 Å². The van der Waals surface area contributed by atoms with Gasteiger partial charge < -0.3 is 14.8 Å². The number of rotatable bonds is 5. The summed E-state index contributed by atoms with van der Waals surface area (Å²) in [7, 11) is 0. The van der Waals surface area contributed by atoms with Crippen LogP contribution in [0.25, 0.3) is 10.9 Å². The molecule has 23 heavy (non-hydrogen) atoms. The lowest BCUT2D eigenvalue weighted by molar-refractivity contribution is -0.140. The fourth-order valence-electron chi connectivity index (χ4n) is 2.98. The summed E-state index contributed by atoms with van der Waals surface area (Å²) in [5, 5.41) is 10.3. The molecule has 1 aliphatic rings. The number of hydrogen-bond donors (Lipinski definition) is 2. The first-order valence-corrected chi connectivity index (χ1v) is 7.86.